The molecule has 158 valence electrons. The fourth-order valence-electron chi connectivity index (χ4n) is 3.97. The normalized spacial score (nSPS) is 22.3. The second kappa shape index (κ2) is 8.87. The molecule has 0 radical (unpaired) electrons. The van der Waals surface area contributed by atoms with E-state index in [0.717, 1.165) is 39.1 Å². The van der Waals surface area contributed by atoms with Crippen molar-refractivity contribution in [2.45, 2.75) is 45.6 Å². The van der Waals surface area contributed by atoms with Gasteiger partial charge < -0.3 is 9.42 Å². The van der Waals surface area contributed by atoms with Crippen molar-refractivity contribution in [2.75, 3.05) is 45.5 Å². The monoisotopic (exact) mass is 413 g/mol. The minimum Gasteiger partial charge on any atom is -0.340 e. The molecule has 28 heavy (non-hydrogen) atoms. The predicted octanol–water partition coefficient (Wildman–Crippen LogP) is 0.899. The minimum atomic E-state index is -3.30. The molecule has 1 amide bonds. The van der Waals surface area contributed by atoms with E-state index < -0.39 is 10.0 Å². The lowest BCUT2D eigenvalue weighted by atomic mass is 10.2. The molecular weight excluding hydrogens is 382 g/mol. The fraction of sp³-hybridized carbons (Fsp3) is 0.833. The molecule has 3 rings (SSSR count). The fourth-order valence-corrected chi connectivity index (χ4v) is 5.09. The van der Waals surface area contributed by atoms with Gasteiger partial charge in [0, 0.05) is 52.1 Å². The smallest absolute Gasteiger partial charge is 0.227 e. The highest BCUT2D eigenvalue weighted by Crippen LogP contribution is 2.32. The molecule has 0 saturated carbocycles. The van der Waals surface area contributed by atoms with Crippen molar-refractivity contribution in [2.24, 2.45) is 5.92 Å². The minimum absolute atomic E-state index is 0.0996. The van der Waals surface area contributed by atoms with Crippen LogP contribution >= 0.6 is 0 Å². The summed E-state index contributed by atoms with van der Waals surface area (Å²) in [5.74, 6) is 1.52. The first-order chi connectivity index (χ1) is 13.2. The molecule has 10 heteroatoms. The van der Waals surface area contributed by atoms with E-state index in [0.29, 0.717) is 43.4 Å². The zero-order valence-electron chi connectivity index (χ0n) is 17.0. The summed E-state index contributed by atoms with van der Waals surface area (Å²) in [6.45, 7) is 9.30. The molecule has 3 heterocycles. The number of rotatable bonds is 7. The Labute approximate surface area is 167 Å². The first-order valence-corrected chi connectivity index (χ1v) is 11.9. The van der Waals surface area contributed by atoms with E-state index in [1.54, 1.807) is 0 Å². The topological polar surface area (TPSA) is 99.8 Å². The Morgan fingerprint density at radius 3 is 2.57 bits per heavy atom. The van der Waals surface area contributed by atoms with Crippen molar-refractivity contribution in [3.63, 3.8) is 0 Å². The van der Waals surface area contributed by atoms with Gasteiger partial charge in [-0.05, 0) is 18.8 Å². The van der Waals surface area contributed by atoms with Gasteiger partial charge in [0.1, 0.15) is 0 Å². The Morgan fingerprint density at radius 2 is 1.93 bits per heavy atom. The van der Waals surface area contributed by atoms with Crippen LogP contribution in [0.15, 0.2) is 4.52 Å². The van der Waals surface area contributed by atoms with Gasteiger partial charge in [-0.1, -0.05) is 19.0 Å². The van der Waals surface area contributed by atoms with E-state index >= 15 is 0 Å². The number of nitrogens with zero attached hydrogens (tertiary/aromatic N) is 5. The van der Waals surface area contributed by atoms with Gasteiger partial charge in [-0.2, -0.15) is 9.29 Å². The summed E-state index contributed by atoms with van der Waals surface area (Å²) < 4.78 is 30.5. The number of aryl methyl sites for hydroxylation is 1. The highest BCUT2D eigenvalue weighted by Gasteiger charge is 2.35. The third kappa shape index (κ3) is 5.30. The summed E-state index contributed by atoms with van der Waals surface area (Å²) in [5.41, 5.74) is 0. The van der Waals surface area contributed by atoms with Crippen LogP contribution in [0, 0.1) is 5.92 Å². The van der Waals surface area contributed by atoms with Gasteiger partial charge in [-0.3, -0.25) is 9.69 Å². The van der Waals surface area contributed by atoms with Crippen molar-refractivity contribution < 1.29 is 17.7 Å². The van der Waals surface area contributed by atoms with Gasteiger partial charge in [-0.25, -0.2) is 8.42 Å². The van der Waals surface area contributed by atoms with Crippen molar-refractivity contribution in [1.82, 2.24) is 24.2 Å². The molecular formula is C18H31N5O4S. The maximum Gasteiger partial charge on any atom is 0.227 e. The summed E-state index contributed by atoms with van der Waals surface area (Å²) >= 11 is 0. The summed E-state index contributed by atoms with van der Waals surface area (Å²) in [5, 5.41) is 3.97. The summed E-state index contributed by atoms with van der Waals surface area (Å²) in [4.78, 5) is 21.1. The van der Waals surface area contributed by atoms with Crippen LogP contribution in [0.5, 0.6) is 0 Å². The van der Waals surface area contributed by atoms with E-state index in [1.807, 2.05) is 4.90 Å². The van der Waals surface area contributed by atoms with Crippen LogP contribution in [0.3, 0.4) is 0 Å². The molecule has 9 nitrogen and oxygen atoms in total. The third-order valence-corrected chi connectivity index (χ3v) is 6.60. The molecule has 1 atom stereocenters. The highest BCUT2D eigenvalue weighted by molar-refractivity contribution is 7.88. The number of carbonyl (C=O) groups excluding carboxylic acids is 1. The molecule has 1 aromatic rings. The molecule has 2 aliphatic heterocycles. The van der Waals surface area contributed by atoms with E-state index in [9.17, 15) is 13.2 Å². The molecule has 0 spiro atoms. The molecule has 0 N–H and O–H groups in total. The van der Waals surface area contributed by atoms with E-state index in [1.165, 1.54) is 10.6 Å². The van der Waals surface area contributed by atoms with Crippen molar-refractivity contribution >= 4 is 15.9 Å². The van der Waals surface area contributed by atoms with Crippen LogP contribution in [-0.2, 0) is 21.2 Å². The Bertz CT molecular complexity index is 771. The lowest BCUT2D eigenvalue weighted by molar-refractivity contribution is -0.133. The number of carbonyl (C=O) groups is 1. The summed E-state index contributed by atoms with van der Waals surface area (Å²) in [7, 11) is -3.30. The Morgan fingerprint density at radius 1 is 1.21 bits per heavy atom. The second-order valence-corrected chi connectivity index (χ2v) is 10.1. The second-order valence-electron chi connectivity index (χ2n) is 8.15. The van der Waals surface area contributed by atoms with Gasteiger partial charge in [0.05, 0.1) is 12.3 Å². The number of hydrogen-bond acceptors (Lipinski definition) is 7. The molecule has 2 aliphatic rings. The average molecular weight is 414 g/mol. The molecule has 2 saturated heterocycles. The zero-order chi connectivity index (χ0) is 20.3. The average Bonchev–Trinajstić information content (AvgIpc) is 3.28. The standard InChI is InChI=1S/C18H31N5O4S/c1-14(2)13-21-9-11-22(12-10-21)17(24)7-6-16-19-18(20-27-16)15-5-4-8-23(15)28(3,25)26/h14-15H,4-13H2,1-3H3. The Kier molecular flexibility index (Phi) is 6.72. The van der Waals surface area contributed by atoms with Gasteiger partial charge in [0.25, 0.3) is 0 Å². The molecule has 1 aromatic heterocycles. The molecule has 0 aromatic carbocycles. The number of piperazine rings is 1. The summed E-state index contributed by atoms with van der Waals surface area (Å²) in [6, 6.07) is -0.364. The van der Waals surface area contributed by atoms with Crippen molar-refractivity contribution in [3.8, 4) is 0 Å². The van der Waals surface area contributed by atoms with Crippen molar-refractivity contribution in [1.29, 1.82) is 0 Å². The van der Waals surface area contributed by atoms with Crippen LogP contribution in [0.1, 0.15) is 50.9 Å². The summed E-state index contributed by atoms with van der Waals surface area (Å²) in [6.07, 6.45) is 3.37. The maximum atomic E-state index is 12.5. The number of hydrogen-bond donors (Lipinski definition) is 0. The van der Waals surface area contributed by atoms with Crippen molar-refractivity contribution in [3.05, 3.63) is 11.7 Å². The van der Waals surface area contributed by atoms with Crippen LogP contribution in [0.4, 0.5) is 0 Å². The van der Waals surface area contributed by atoms with Crippen LogP contribution in [0.2, 0.25) is 0 Å². The Hall–Kier alpha value is -1.52. The number of amides is 1. The van der Waals surface area contributed by atoms with E-state index in [-0.39, 0.29) is 11.9 Å². The Balaban J connectivity index is 1.49. The van der Waals surface area contributed by atoms with Crippen LogP contribution in [0.25, 0.3) is 0 Å². The third-order valence-electron chi connectivity index (χ3n) is 5.31. The molecule has 0 aliphatic carbocycles. The molecule has 0 bridgehead atoms. The van der Waals surface area contributed by atoms with Gasteiger partial charge in [0.15, 0.2) is 5.82 Å². The molecule has 1 unspecified atom stereocenters. The first kappa shape index (κ1) is 21.2. The lowest BCUT2D eigenvalue weighted by Gasteiger charge is -2.35. The molecule has 2 fully saturated rings. The quantitative estimate of drug-likeness (QED) is 0.655. The lowest BCUT2D eigenvalue weighted by Crippen LogP contribution is -2.49. The van der Waals surface area contributed by atoms with Gasteiger partial charge >= 0.3 is 0 Å². The SMILES string of the molecule is CC(C)CN1CCN(C(=O)CCc2nc(C3CCCN3S(C)(=O)=O)no2)CC1. The van der Waals surface area contributed by atoms with Crippen LogP contribution < -0.4 is 0 Å². The first-order valence-electron chi connectivity index (χ1n) is 10.0. The van der Waals surface area contributed by atoms with E-state index in [4.69, 9.17) is 4.52 Å². The largest absolute Gasteiger partial charge is 0.340 e. The van der Waals surface area contributed by atoms with Gasteiger partial charge in [-0.15, -0.1) is 0 Å². The predicted molar refractivity (Wildman–Crippen MR) is 104 cm³/mol. The highest BCUT2D eigenvalue weighted by atomic mass is 32.2. The van der Waals surface area contributed by atoms with Gasteiger partial charge in [0.2, 0.25) is 21.8 Å². The number of aromatic nitrogens is 2. The van der Waals surface area contributed by atoms with Crippen LogP contribution in [-0.4, -0.2) is 84.1 Å². The zero-order valence-corrected chi connectivity index (χ0v) is 17.8. The van der Waals surface area contributed by atoms with E-state index in [2.05, 4.69) is 28.9 Å². The maximum absolute atomic E-state index is 12.5. The number of sulfonamides is 1.